The van der Waals surface area contributed by atoms with Crippen molar-refractivity contribution >= 4 is 0 Å². The zero-order valence-electron chi connectivity index (χ0n) is 9.41. The van der Waals surface area contributed by atoms with Crippen LogP contribution in [0, 0.1) is 34.5 Å². The molecule has 0 saturated heterocycles. The Labute approximate surface area is 94.9 Å². The predicted octanol–water partition coefficient (Wildman–Crippen LogP) is 3.46. The van der Waals surface area contributed by atoms with Gasteiger partial charge in [0.2, 0.25) is 5.82 Å². The molecular weight excluding hydrogens is 243 g/mol. The Morgan fingerprint density at radius 3 is 1.35 bits per heavy atom. The molecule has 0 amide bonds. The van der Waals surface area contributed by atoms with Gasteiger partial charge in [0.05, 0.1) is 11.7 Å². The van der Waals surface area contributed by atoms with Crippen molar-refractivity contribution in [3.05, 3.63) is 34.6 Å². The lowest BCUT2D eigenvalue weighted by Crippen LogP contribution is -2.22. The van der Waals surface area contributed by atoms with Gasteiger partial charge in [0.1, 0.15) is 0 Å². The Kier molecular flexibility index (Phi) is 3.47. The van der Waals surface area contributed by atoms with E-state index < -0.39 is 46.2 Å². The van der Waals surface area contributed by atoms with E-state index in [4.69, 9.17) is 0 Å². The molecule has 0 heterocycles. The van der Waals surface area contributed by atoms with Gasteiger partial charge in [-0.2, -0.15) is 0 Å². The number of aliphatic hydroxyl groups is 1. The van der Waals surface area contributed by atoms with Crippen molar-refractivity contribution in [3.63, 3.8) is 0 Å². The maximum Gasteiger partial charge on any atom is 0.200 e. The molecule has 0 radical (unpaired) electrons. The molecule has 0 aromatic heterocycles. The monoisotopic (exact) mass is 254 g/mol. The lowest BCUT2D eigenvalue weighted by Gasteiger charge is -2.27. The van der Waals surface area contributed by atoms with Crippen LogP contribution < -0.4 is 0 Å². The van der Waals surface area contributed by atoms with Gasteiger partial charge in [-0.05, 0) is 5.41 Å². The third-order valence-electron chi connectivity index (χ3n) is 2.34. The summed E-state index contributed by atoms with van der Waals surface area (Å²) >= 11 is 0. The quantitative estimate of drug-likeness (QED) is 0.462. The van der Waals surface area contributed by atoms with Crippen LogP contribution in [0.25, 0.3) is 0 Å². The molecule has 0 spiro atoms. The summed E-state index contributed by atoms with van der Waals surface area (Å²) in [5.74, 6) is -10.3. The van der Waals surface area contributed by atoms with Crippen molar-refractivity contribution in [1.29, 1.82) is 0 Å². The largest absolute Gasteiger partial charge is 0.388 e. The molecular formula is C11H11F5O. The second-order valence-corrected chi connectivity index (χ2v) is 4.75. The number of hydrogen-bond donors (Lipinski definition) is 1. The van der Waals surface area contributed by atoms with Crippen LogP contribution in [0.15, 0.2) is 0 Å². The predicted molar refractivity (Wildman–Crippen MR) is 50.6 cm³/mol. The van der Waals surface area contributed by atoms with E-state index in [2.05, 4.69) is 0 Å². The zero-order chi connectivity index (χ0) is 13.5. The van der Waals surface area contributed by atoms with Gasteiger partial charge >= 0.3 is 0 Å². The number of benzene rings is 1. The Balaban J connectivity index is 3.55. The number of rotatable bonds is 1. The summed E-state index contributed by atoms with van der Waals surface area (Å²) in [5.41, 5.74) is -2.26. The van der Waals surface area contributed by atoms with Crippen LogP contribution in [0.5, 0.6) is 0 Å². The van der Waals surface area contributed by atoms with Gasteiger partial charge in [-0.3, -0.25) is 0 Å². The summed E-state index contributed by atoms with van der Waals surface area (Å²) in [7, 11) is 0. The standard InChI is InChI=1S/C11H11F5O/c1-11(2,3)10(17)4-5(12)7(14)9(16)8(15)6(4)13/h10,17H,1-3H3. The van der Waals surface area contributed by atoms with Gasteiger partial charge in [0, 0.05) is 0 Å². The molecule has 0 saturated carbocycles. The first-order valence-corrected chi connectivity index (χ1v) is 4.78. The minimum absolute atomic E-state index is 1.06. The van der Waals surface area contributed by atoms with E-state index >= 15 is 0 Å². The van der Waals surface area contributed by atoms with E-state index in [1.165, 1.54) is 20.8 Å². The fourth-order valence-corrected chi connectivity index (χ4v) is 1.29. The Morgan fingerprint density at radius 1 is 0.765 bits per heavy atom. The van der Waals surface area contributed by atoms with Crippen LogP contribution in [-0.2, 0) is 0 Å². The van der Waals surface area contributed by atoms with Crippen LogP contribution in [0.2, 0.25) is 0 Å². The highest BCUT2D eigenvalue weighted by molar-refractivity contribution is 5.27. The maximum atomic E-state index is 13.3. The van der Waals surface area contributed by atoms with E-state index in [1.807, 2.05) is 0 Å². The molecule has 6 heteroatoms. The van der Waals surface area contributed by atoms with Gasteiger partial charge in [0.25, 0.3) is 0 Å². The Morgan fingerprint density at radius 2 is 1.06 bits per heavy atom. The fourth-order valence-electron chi connectivity index (χ4n) is 1.29. The first-order valence-electron chi connectivity index (χ1n) is 4.78. The third-order valence-corrected chi connectivity index (χ3v) is 2.34. The minimum atomic E-state index is -2.23. The van der Waals surface area contributed by atoms with E-state index in [1.54, 1.807) is 0 Å². The molecule has 1 rings (SSSR count). The molecule has 1 aromatic carbocycles. The molecule has 0 bridgehead atoms. The molecule has 0 aliphatic heterocycles. The number of hydrogen-bond acceptors (Lipinski definition) is 1. The highest BCUT2D eigenvalue weighted by Gasteiger charge is 2.34. The minimum Gasteiger partial charge on any atom is -0.388 e. The first-order chi connectivity index (χ1) is 7.59. The van der Waals surface area contributed by atoms with Crippen molar-refractivity contribution in [2.45, 2.75) is 26.9 Å². The molecule has 17 heavy (non-hydrogen) atoms. The van der Waals surface area contributed by atoms with Crippen LogP contribution in [0.1, 0.15) is 32.4 Å². The molecule has 0 fully saturated rings. The van der Waals surface area contributed by atoms with Gasteiger partial charge in [0.15, 0.2) is 23.3 Å². The van der Waals surface area contributed by atoms with Crippen molar-refractivity contribution in [3.8, 4) is 0 Å². The molecule has 1 aromatic rings. The molecule has 1 nitrogen and oxygen atoms in total. The van der Waals surface area contributed by atoms with Crippen molar-refractivity contribution in [2.24, 2.45) is 5.41 Å². The Hall–Kier alpha value is -1.17. The van der Waals surface area contributed by atoms with Crippen molar-refractivity contribution in [1.82, 2.24) is 0 Å². The highest BCUT2D eigenvalue weighted by Crippen LogP contribution is 2.37. The van der Waals surface area contributed by atoms with Crippen LogP contribution in [0.3, 0.4) is 0 Å². The van der Waals surface area contributed by atoms with E-state index in [-0.39, 0.29) is 0 Å². The van der Waals surface area contributed by atoms with E-state index in [9.17, 15) is 27.1 Å². The second-order valence-electron chi connectivity index (χ2n) is 4.75. The van der Waals surface area contributed by atoms with Crippen LogP contribution in [0.4, 0.5) is 22.0 Å². The smallest absolute Gasteiger partial charge is 0.200 e. The second kappa shape index (κ2) is 4.25. The van der Waals surface area contributed by atoms with Crippen LogP contribution in [-0.4, -0.2) is 5.11 Å². The third kappa shape index (κ3) is 2.26. The van der Waals surface area contributed by atoms with Crippen molar-refractivity contribution < 1.29 is 27.1 Å². The average Bonchev–Trinajstić information content (AvgIpc) is 2.22. The molecule has 0 aliphatic carbocycles. The topological polar surface area (TPSA) is 20.2 Å². The Bertz CT molecular complexity index is 421. The molecule has 1 atom stereocenters. The van der Waals surface area contributed by atoms with E-state index in [0.29, 0.717) is 0 Å². The van der Waals surface area contributed by atoms with E-state index in [0.717, 1.165) is 0 Å². The average molecular weight is 254 g/mol. The summed E-state index contributed by atoms with van der Waals surface area (Å²) in [4.78, 5) is 0. The fraction of sp³-hybridized carbons (Fsp3) is 0.455. The summed E-state index contributed by atoms with van der Waals surface area (Å²) in [6.07, 6.45) is -1.80. The summed E-state index contributed by atoms with van der Waals surface area (Å²) in [6.45, 7) is 4.24. The lowest BCUT2D eigenvalue weighted by molar-refractivity contribution is 0.0541. The zero-order valence-corrected chi connectivity index (χ0v) is 9.41. The summed E-state index contributed by atoms with van der Waals surface area (Å²) in [5, 5.41) is 9.62. The SMILES string of the molecule is CC(C)(C)C(O)c1c(F)c(F)c(F)c(F)c1F. The lowest BCUT2D eigenvalue weighted by atomic mass is 9.84. The van der Waals surface area contributed by atoms with Crippen LogP contribution >= 0.6 is 0 Å². The van der Waals surface area contributed by atoms with Crippen molar-refractivity contribution in [2.75, 3.05) is 0 Å². The summed E-state index contributed by atoms with van der Waals surface area (Å²) in [6, 6.07) is 0. The first kappa shape index (κ1) is 13.9. The normalized spacial score (nSPS) is 13.9. The van der Waals surface area contributed by atoms with Gasteiger partial charge in [-0.25, -0.2) is 22.0 Å². The number of aliphatic hydroxyl groups excluding tert-OH is 1. The number of halogens is 5. The van der Waals surface area contributed by atoms with Gasteiger partial charge in [-0.15, -0.1) is 0 Å². The molecule has 1 unspecified atom stereocenters. The van der Waals surface area contributed by atoms with Gasteiger partial charge < -0.3 is 5.11 Å². The molecule has 0 aliphatic rings. The molecule has 1 N–H and O–H groups in total. The van der Waals surface area contributed by atoms with Gasteiger partial charge in [-0.1, -0.05) is 20.8 Å². The summed E-state index contributed by atoms with van der Waals surface area (Å²) < 4.78 is 65.1. The highest BCUT2D eigenvalue weighted by atomic mass is 19.2. The molecule has 96 valence electrons. The maximum absolute atomic E-state index is 13.3.